The molecule has 9 atom stereocenters. The van der Waals surface area contributed by atoms with Gasteiger partial charge in [-0.2, -0.15) is 0 Å². The molecule has 1 aromatic rings. The molecule has 0 aromatic heterocycles. The van der Waals surface area contributed by atoms with Crippen LogP contribution in [0, 0.1) is 46.3 Å². The summed E-state index contributed by atoms with van der Waals surface area (Å²) in [6.45, 7) is 7.33. The number of rotatable bonds is 4. The Hall–Kier alpha value is -1.68. The molecule has 0 bridgehead atoms. The maximum absolute atomic E-state index is 13.2. The van der Waals surface area contributed by atoms with Crippen LogP contribution in [0.1, 0.15) is 82.5 Å². The van der Waals surface area contributed by atoms with Crippen LogP contribution in [0.4, 0.5) is 0 Å². The number of benzene rings is 1. The minimum absolute atomic E-state index is 0.125. The van der Waals surface area contributed by atoms with Crippen LogP contribution in [0.2, 0.25) is 0 Å². The molecule has 0 aliphatic heterocycles. The fourth-order valence-corrected chi connectivity index (χ4v) is 8.99. The van der Waals surface area contributed by atoms with Crippen molar-refractivity contribution in [2.24, 2.45) is 46.3 Å². The summed E-state index contributed by atoms with van der Waals surface area (Å²) in [5.41, 5.74) is 0.962. The van der Waals surface area contributed by atoms with Gasteiger partial charge in [-0.25, -0.2) is 4.79 Å². The van der Waals surface area contributed by atoms with E-state index in [9.17, 15) is 14.7 Å². The lowest BCUT2D eigenvalue weighted by Crippen LogP contribution is -2.59. The summed E-state index contributed by atoms with van der Waals surface area (Å²) in [6.07, 6.45) is 7.67. The van der Waals surface area contributed by atoms with Crippen molar-refractivity contribution in [3.05, 3.63) is 35.9 Å². The second-order valence-electron chi connectivity index (χ2n) is 12.2. The quantitative estimate of drug-likeness (QED) is 0.597. The van der Waals surface area contributed by atoms with Crippen molar-refractivity contribution in [1.82, 2.24) is 0 Å². The van der Waals surface area contributed by atoms with E-state index in [-0.39, 0.29) is 29.5 Å². The van der Waals surface area contributed by atoms with Crippen LogP contribution in [-0.2, 0) is 9.53 Å². The van der Waals surface area contributed by atoms with Gasteiger partial charge in [0.25, 0.3) is 0 Å². The van der Waals surface area contributed by atoms with Crippen LogP contribution in [0.25, 0.3) is 0 Å². The van der Waals surface area contributed by atoms with Gasteiger partial charge < -0.3 is 9.84 Å². The maximum Gasteiger partial charge on any atom is 0.338 e. The largest absolute Gasteiger partial charge is 0.458 e. The van der Waals surface area contributed by atoms with Crippen molar-refractivity contribution in [3.8, 4) is 0 Å². The number of aliphatic hydroxyl groups is 1. The Morgan fingerprint density at radius 1 is 1.09 bits per heavy atom. The van der Waals surface area contributed by atoms with Crippen molar-refractivity contribution >= 4 is 11.8 Å². The number of hydrogen-bond acceptors (Lipinski definition) is 4. The first-order valence-electron chi connectivity index (χ1n) is 13.2. The lowest BCUT2D eigenvalue weighted by molar-refractivity contribution is -0.170. The van der Waals surface area contributed by atoms with Gasteiger partial charge in [0.05, 0.1) is 5.56 Å². The highest BCUT2D eigenvalue weighted by Gasteiger charge is 2.63. The average Bonchev–Trinajstić information content (AvgIpc) is 3.17. The van der Waals surface area contributed by atoms with Crippen molar-refractivity contribution < 1.29 is 19.4 Å². The minimum atomic E-state index is -0.226. The van der Waals surface area contributed by atoms with Crippen LogP contribution >= 0.6 is 0 Å². The Kier molecular flexibility index (Phi) is 5.96. The Morgan fingerprint density at radius 2 is 1.82 bits per heavy atom. The SMILES string of the molecule is C[C@H](CO)[C@H]1CC[C@H]2[C@@H]3[C@H](OC(=O)c4ccccc4)C[C@H]4CC(=O)CC[C@]4(C)[C@H]3CC[C@]12C. The third-order valence-electron chi connectivity index (χ3n) is 10.8. The molecule has 0 saturated heterocycles. The monoisotopic (exact) mass is 452 g/mol. The molecule has 5 rings (SSSR count). The van der Waals surface area contributed by atoms with Crippen molar-refractivity contribution in [1.29, 1.82) is 0 Å². The molecule has 180 valence electrons. The van der Waals surface area contributed by atoms with Gasteiger partial charge in [-0.3, -0.25) is 4.79 Å². The van der Waals surface area contributed by atoms with Gasteiger partial charge in [0.2, 0.25) is 0 Å². The Bertz CT molecular complexity index is 896. The Labute approximate surface area is 198 Å². The summed E-state index contributed by atoms with van der Waals surface area (Å²) >= 11 is 0. The van der Waals surface area contributed by atoms with Gasteiger partial charge in [0.15, 0.2) is 0 Å². The van der Waals surface area contributed by atoms with Gasteiger partial charge >= 0.3 is 5.97 Å². The first-order chi connectivity index (χ1) is 15.8. The topological polar surface area (TPSA) is 63.6 Å². The van der Waals surface area contributed by atoms with Crippen molar-refractivity contribution in [3.63, 3.8) is 0 Å². The highest BCUT2D eigenvalue weighted by atomic mass is 16.5. The summed E-state index contributed by atoms with van der Waals surface area (Å²) < 4.78 is 6.35. The summed E-state index contributed by atoms with van der Waals surface area (Å²) in [5, 5.41) is 9.95. The summed E-state index contributed by atoms with van der Waals surface area (Å²) in [7, 11) is 0. The average molecular weight is 453 g/mol. The number of hydrogen-bond donors (Lipinski definition) is 1. The van der Waals surface area contributed by atoms with E-state index in [4.69, 9.17) is 4.74 Å². The predicted molar refractivity (Wildman–Crippen MR) is 128 cm³/mol. The molecule has 0 spiro atoms. The number of carbonyl (C=O) groups is 2. The zero-order valence-corrected chi connectivity index (χ0v) is 20.5. The number of carbonyl (C=O) groups excluding carboxylic acids is 2. The molecular weight excluding hydrogens is 412 g/mol. The standard InChI is InChI=1S/C29H40O4/c1-18(17-30)22-9-10-23-26-24(12-14-29(22,23)3)28(2)13-11-21(31)15-20(28)16-25(26)33-27(32)19-7-5-4-6-8-19/h4-8,18,20,22-26,30H,9-17H2,1-3H3/t18-,20-,22-,23+,24+,25-,26+,28+,29-/m1/s1. The Morgan fingerprint density at radius 3 is 2.55 bits per heavy atom. The summed E-state index contributed by atoms with van der Waals surface area (Å²) in [4.78, 5) is 25.6. The van der Waals surface area contributed by atoms with E-state index in [1.165, 1.54) is 6.42 Å². The molecule has 4 nitrogen and oxygen atoms in total. The molecule has 0 unspecified atom stereocenters. The smallest absolute Gasteiger partial charge is 0.338 e. The zero-order chi connectivity index (χ0) is 23.4. The molecular formula is C29H40O4. The van der Waals surface area contributed by atoms with Crippen LogP contribution in [-0.4, -0.2) is 29.6 Å². The highest BCUT2D eigenvalue weighted by Crippen LogP contribution is 2.68. The number of Topliss-reactive ketones (excluding diaryl/α,β-unsaturated/α-hetero) is 1. The third kappa shape index (κ3) is 3.68. The molecule has 0 amide bonds. The second kappa shape index (κ2) is 8.52. The van der Waals surface area contributed by atoms with Crippen molar-refractivity contribution in [2.45, 2.75) is 78.2 Å². The fraction of sp³-hybridized carbons (Fsp3) is 0.724. The normalized spacial score (nSPS) is 43.2. The number of esters is 1. The third-order valence-corrected chi connectivity index (χ3v) is 10.8. The minimum Gasteiger partial charge on any atom is -0.458 e. The summed E-state index contributed by atoms with van der Waals surface area (Å²) in [5.74, 6) is 2.66. The molecule has 4 saturated carbocycles. The maximum atomic E-state index is 13.2. The predicted octanol–water partition coefficient (Wildman–Crippen LogP) is 5.68. The van der Waals surface area contributed by atoms with Gasteiger partial charge in [0.1, 0.15) is 11.9 Å². The van der Waals surface area contributed by atoms with Gasteiger partial charge in [-0.1, -0.05) is 39.0 Å². The van der Waals surface area contributed by atoms with E-state index in [2.05, 4.69) is 20.8 Å². The molecule has 0 heterocycles. The van der Waals surface area contributed by atoms with E-state index in [0.29, 0.717) is 59.7 Å². The van der Waals surface area contributed by atoms with E-state index in [0.717, 1.165) is 32.1 Å². The van der Waals surface area contributed by atoms with Crippen LogP contribution in [0.15, 0.2) is 30.3 Å². The lowest BCUT2D eigenvalue weighted by atomic mass is 9.44. The number of ketones is 1. The zero-order valence-electron chi connectivity index (χ0n) is 20.5. The Balaban J connectivity index is 1.49. The molecule has 0 radical (unpaired) electrons. The lowest BCUT2D eigenvalue weighted by Gasteiger charge is -2.62. The van der Waals surface area contributed by atoms with Gasteiger partial charge in [-0.05, 0) is 91.1 Å². The molecule has 1 N–H and O–H groups in total. The van der Waals surface area contributed by atoms with Crippen molar-refractivity contribution in [2.75, 3.05) is 6.61 Å². The first-order valence-corrected chi connectivity index (χ1v) is 13.2. The molecule has 1 aromatic carbocycles. The molecule has 33 heavy (non-hydrogen) atoms. The van der Waals surface area contributed by atoms with Gasteiger partial charge in [0, 0.05) is 25.4 Å². The van der Waals surface area contributed by atoms with E-state index in [1.807, 2.05) is 30.3 Å². The fourth-order valence-electron chi connectivity index (χ4n) is 8.99. The molecule has 4 aliphatic carbocycles. The van der Waals surface area contributed by atoms with Crippen LogP contribution in [0.5, 0.6) is 0 Å². The number of fused-ring (bicyclic) bond motifs is 5. The first kappa shape index (κ1) is 23.1. The molecule has 4 fully saturated rings. The highest BCUT2D eigenvalue weighted by molar-refractivity contribution is 5.89. The van der Waals surface area contributed by atoms with E-state index >= 15 is 0 Å². The summed E-state index contributed by atoms with van der Waals surface area (Å²) in [6, 6.07) is 9.34. The number of ether oxygens (including phenoxy) is 1. The molecule has 4 aliphatic rings. The van der Waals surface area contributed by atoms with E-state index in [1.54, 1.807) is 0 Å². The van der Waals surface area contributed by atoms with Gasteiger partial charge in [-0.15, -0.1) is 0 Å². The van der Waals surface area contributed by atoms with Crippen LogP contribution < -0.4 is 0 Å². The number of aliphatic hydroxyl groups excluding tert-OH is 1. The van der Waals surface area contributed by atoms with E-state index < -0.39 is 0 Å². The van der Waals surface area contributed by atoms with Crippen LogP contribution in [0.3, 0.4) is 0 Å². The molecule has 4 heteroatoms. The second-order valence-corrected chi connectivity index (χ2v) is 12.2.